The number of non-ortho nitro benzene ring substituents is 1. The zero-order valence-corrected chi connectivity index (χ0v) is 9.65. The Morgan fingerprint density at radius 3 is 1.89 bits per heavy atom. The summed E-state index contributed by atoms with van der Waals surface area (Å²) in [6.07, 6.45) is 0. The van der Waals surface area contributed by atoms with E-state index in [1.165, 1.54) is 48.5 Å². The second kappa shape index (κ2) is 5.18. The van der Waals surface area contributed by atoms with Crippen LogP contribution in [0.15, 0.2) is 48.5 Å². The molecule has 0 aliphatic heterocycles. The molecule has 1 N–H and O–H groups in total. The Hall–Kier alpha value is -2.89. The summed E-state index contributed by atoms with van der Waals surface area (Å²) >= 11 is 0. The van der Waals surface area contributed by atoms with Crippen molar-refractivity contribution < 1.29 is 19.6 Å². The van der Waals surface area contributed by atoms with Gasteiger partial charge in [0.05, 0.1) is 10.5 Å². The van der Waals surface area contributed by atoms with Crippen LogP contribution in [-0.2, 0) is 0 Å². The number of nitrogens with zero attached hydrogens (tertiary/aromatic N) is 1. The molecule has 2 aromatic rings. The van der Waals surface area contributed by atoms with Gasteiger partial charge in [0, 0.05) is 12.1 Å². The molecule has 96 valence electrons. The number of carboxylic acids is 1. The van der Waals surface area contributed by atoms with Crippen LogP contribution in [0.25, 0.3) is 0 Å². The Kier molecular flexibility index (Phi) is 3.42. The standard InChI is InChI=1S/C13H9NO5/c15-13(16)9-1-5-11(6-2-9)19-12-7-3-10(4-8-12)14(17)18/h1-8H,(H,15,16). The Morgan fingerprint density at radius 1 is 1.00 bits per heavy atom. The van der Waals surface area contributed by atoms with Crippen molar-refractivity contribution in [1.29, 1.82) is 0 Å². The molecule has 0 heterocycles. The van der Waals surface area contributed by atoms with Gasteiger partial charge in [-0.3, -0.25) is 10.1 Å². The predicted molar refractivity (Wildman–Crippen MR) is 66.6 cm³/mol. The molecular weight excluding hydrogens is 250 g/mol. The van der Waals surface area contributed by atoms with Crippen LogP contribution in [0.4, 0.5) is 5.69 Å². The minimum Gasteiger partial charge on any atom is -0.478 e. The summed E-state index contributed by atoms with van der Waals surface area (Å²) in [6, 6.07) is 11.5. The zero-order chi connectivity index (χ0) is 13.8. The highest BCUT2D eigenvalue weighted by molar-refractivity contribution is 5.87. The number of aromatic carboxylic acids is 1. The predicted octanol–water partition coefficient (Wildman–Crippen LogP) is 3.09. The smallest absolute Gasteiger partial charge is 0.335 e. The van der Waals surface area contributed by atoms with Crippen molar-refractivity contribution in [1.82, 2.24) is 0 Å². The second-order valence-electron chi connectivity index (χ2n) is 3.68. The van der Waals surface area contributed by atoms with Crippen LogP contribution in [0.2, 0.25) is 0 Å². The highest BCUT2D eigenvalue weighted by Crippen LogP contribution is 2.23. The maximum atomic E-state index is 10.7. The molecule has 0 unspecified atom stereocenters. The third kappa shape index (κ3) is 3.06. The first-order chi connectivity index (χ1) is 9.06. The number of nitro benzene ring substituents is 1. The molecule has 0 saturated carbocycles. The van der Waals surface area contributed by atoms with E-state index in [1.807, 2.05) is 0 Å². The number of carboxylic acid groups (broad SMARTS) is 1. The van der Waals surface area contributed by atoms with Crippen molar-refractivity contribution in [2.45, 2.75) is 0 Å². The summed E-state index contributed by atoms with van der Waals surface area (Å²) in [7, 11) is 0. The molecule has 6 nitrogen and oxygen atoms in total. The van der Waals surface area contributed by atoms with E-state index in [1.54, 1.807) is 0 Å². The molecule has 2 aromatic carbocycles. The molecule has 2 rings (SSSR count). The Labute approximate surface area is 108 Å². The van der Waals surface area contributed by atoms with Crippen LogP contribution in [0, 0.1) is 10.1 Å². The lowest BCUT2D eigenvalue weighted by molar-refractivity contribution is -0.384. The molecule has 0 bridgehead atoms. The summed E-state index contributed by atoms with van der Waals surface area (Å²) in [5, 5.41) is 19.2. The summed E-state index contributed by atoms with van der Waals surface area (Å²) in [4.78, 5) is 20.7. The van der Waals surface area contributed by atoms with Crippen LogP contribution < -0.4 is 4.74 Å². The largest absolute Gasteiger partial charge is 0.478 e. The molecule has 0 radical (unpaired) electrons. The van der Waals surface area contributed by atoms with Crippen molar-refractivity contribution in [3.8, 4) is 11.5 Å². The van der Waals surface area contributed by atoms with Crippen molar-refractivity contribution in [3.05, 3.63) is 64.2 Å². The topological polar surface area (TPSA) is 89.7 Å². The average Bonchev–Trinajstić information content (AvgIpc) is 2.40. The molecular formula is C13H9NO5. The quantitative estimate of drug-likeness (QED) is 0.673. The van der Waals surface area contributed by atoms with Crippen LogP contribution in [0.3, 0.4) is 0 Å². The van der Waals surface area contributed by atoms with Crippen LogP contribution >= 0.6 is 0 Å². The normalized spacial score (nSPS) is 9.89. The maximum Gasteiger partial charge on any atom is 0.335 e. The molecule has 0 aliphatic carbocycles. The highest BCUT2D eigenvalue weighted by atomic mass is 16.6. The van der Waals surface area contributed by atoms with E-state index in [-0.39, 0.29) is 11.3 Å². The molecule has 19 heavy (non-hydrogen) atoms. The number of hydrogen-bond acceptors (Lipinski definition) is 4. The second-order valence-corrected chi connectivity index (χ2v) is 3.68. The number of nitro groups is 1. The fourth-order valence-electron chi connectivity index (χ4n) is 1.44. The van der Waals surface area contributed by atoms with Gasteiger partial charge in [-0.05, 0) is 36.4 Å². The van der Waals surface area contributed by atoms with Gasteiger partial charge >= 0.3 is 5.97 Å². The van der Waals surface area contributed by atoms with Gasteiger partial charge in [0.15, 0.2) is 0 Å². The number of benzene rings is 2. The third-order valence-electron chi connectivity index (χ3n) is 2.38. The van der Waals surface area contributed by atoms with Crippen molar-refractivity contribution in [2.75, 3.05) is 0 Å². The minimum atomic E-state index is -1.01. The fourth-order valence-corrected chi connectivity index (χ4v) is 1.44. The Bertz CT molecular complexity index is 548. The zero-order valence-electron chi connectivity index (χ0n) is 9.65. The Morgan fingerprint density at radius 2 is 1.47 bits per heavy atom. The van der Waals surface area contributed by atoms with Crippen molar-refractivity contribution in [3.63, 3.8) is 0 Å². The Balaban J connectivity index is 2.12. The van der Waals surface area contributed by atoms with Crippen LogP contribution in [0.1, 0.15) is 10.4 Å². The van der Waals surface area contributed by atoms with Gasteiger partial charge in [0.25, 0.3) is 5.69 Å². The summed E-state index contributed by atoms with van der Waals surface area (Å²) in [6.45, 7) is 0. The first-order valence-electron chi connectivity index (χ1n) is 5.32. The van der Waals surface area contributed by atoms with Gasteiger partial charge in [-0.1, -0.05) is 0 Å². The highest BCUT2D eigenvalue weighted by Gasteiger charge is 2.06. The average molecular weight is 259 g/mol. The molecule has 0 aromatic heterocycles. The molecule has 0 atom stereocenters. The van der Waals surface area contributed by atoms with E-state index in [9.17, 15) is 14.9 Å². The molecule has 0 saturated heterocycles. The first-order valence-corrected chi connectivity index (χ1v) is 5.32. The first kappa shape index (κ1) is 12.6. The summed E-state index contributed by atoms with van der Waals surface area (Å²) in [5.41, 5.74) is 0.143. The molecule has 0 spiro atoms. The summed E-state index contributed by atoms with van der Waals surface area (Å²) < 4.78 is 5.43. The summed E-state index contributed by atoms with van der Waals surface area (Å²) in [5.74, 6) is -0.116. The third-order valence-corrected chi connectivity index (χ3v) is 2.38. The monoisotopic (exact) mass is 259 g/mol. The number of hydrogen-bond donors (Lipinski definition) is 1. The minimum absolute atomic E-state index is 0.0198. The SMILES string of the molecule is O=C(O)c1ccc(Oc2ccc([N+](=O)[O-])cc2)cc1. The lowest BCUT2D eigenvalue weighted by atomic mass is 10.2. The number of carbonyl (C=O) groups is 1. The van der Waals surface area contributed by atoms with Gasteiger partial charge in [0.1, 0.15) is 11.5 Å². The van der Waals surface area contributed by atoms with E-state index in [0.29, 0.717) is 11.5 Å². The van der Waals surface area contributed by atoms with E-state index < -0.39 is 10.9 Å². The molecule has 6 heteroatoms. The number of rotatable bonds is 4. The molecule has 0 amide bonds. The van der Waals surface area contributed by atoms with Gasteiger partial charge in [-0.15, -0.1) is 0 Å². The van der Waals surface area contributed by atoms with Gasteiger partial charge in [0.2, 0.25) is 0 Å². The van der Waals surface area contributed by atoms with E-state index in [4.69, 9.17) is 9.84 Å². The van der Waals surface area contributed by atoms with Crippen molar-refractivity contribution in [2.24, 2.45) is 0 Å². The van der Waals surface area contributed by atoms with E-state index >= 15 is 0 Å². The maximum absolute atomic E-state index is 10.7. The lowest BCUT2D eigenvalue weighted by Gasteiger charge is -2.05. The van der Waals surface area contributed by atoms with E-state index in [2.05, 4.69) is 0 Å². The fraction of sp³-hybridized carbons (Fsp3) is 0. The van der Waals surface area contributed by atoms with Gasteiger partial charge in [-0.25, -0.2) is 4.79 Å². The lowest BCUT2D eigenvalue weighted by Crippen LogP contribution is -1.95. The van der Waals surface area contributed by atoms with E-state index in [0.717, 1.165) is 0 Å². The molecule has 0 aliphatic rings. The van der Waals surface area contributed by atoms with Crippen LogP contribution in [0.5, 0.6) is 11.5 Å². The van der Waals surface area contributed by atoms with Gasteiger partial charge < -0.3 is 9.84 Å². The van der Waals surface area contributed by atoms with Crippen LogP contribution in [-0.4, -0.2) is 16.0 Å². The number of ether oxygens (including phenoxy) is 1. The molecule has 0 fully saturated rings. The van der Waals surface area contributed by atoms with Crippen molar-refractivity contribution >= 4 is 11.7 Å². The van der Waals surface area contributed by atoms with Gasteiger partial charge in [-0.2, -0.15) is 0 Å².